The molecule has 2 aliphatic carbocycles. The Bertz CT molecular complexity index is 432. The lowest BCUT2D eigenvalue weighted by molar-refractivity contribution is -0.356. The van der Waals surface area contributed by atoms with Gasteiger partial charge in [-0.25, -0.2) is 4.89 Å². The Morgan fingerprint density at radius 3 is 2.89 bits per heavy atom. The van der Waals surface area contributed by atoms with E-state index in [0.29, 0.717) is 12.3 Å². The smallest absolute Gasteiger partial charge is 0.312 e. The summed E-state index contributed by atoms with van der Waals surface area (Å²) in [6.07, 6.45) is 4.38. The number of hydrogen-bond donors (Lipinski definition) is 1. The van der Waals surface area contributed by atoms with E-state index in [4.69, 9.17) is 9.62 Å². The summed E-state index contributed by atoms with van der Waals surface area (Å²) in [6.45, 7) is 8.24. The molecule has 0 aromatic heterocycles. The van der Waals surface area contributed by atoms with E-state index in [2.05, 4.69) is 13.5 Å². The molecule has 1 saturated heterocycles. The van der Waals surface area contributed by atoms with Crippen LogP contribution in [0.25, 0.3) is 0 Å². The Morgan fingerprint density at radius 1 is 1.47 bits per heavy atom. The van der Waals surface area contributed by atoms with Crippen LogP contribution in [0.15, 0.2) is 12.2 Å². The Hall–Kier alpha value is -0.870. The number of carbonyl (C=O) groups excluding carboxylic acids is 1. The van der Waals surface area contributed by atoms with Gasteiger partial charge in [-0.15, -0.1) is 0 Å². The molecular formula is C15H22O4. The molecular weight excluding hydrogens is 244 g/mol. The quantitative estimate of drug-likeness (QED) is 0.343. The monoisotopic (exact) mass is 266 g/mol. The van der Waals surface area contributed by atoms with Crippen LogP contribution in [0.3, 0.4) is 0 Å². The number of ether oxygens (including phenoxy) is 1. The van der Waals surface area contributed by atoms with E-state index in [1.54, 1.807) is 6.92 Å². The lowest BCUT2D eigenvalue weighted by Crippen LogP contribution is -2.56. The topological polar surface area (TPSA) is 55.8 Å². The van der Waals surface area contributed by atoms with Crippen molar-refractivity contribution in [3.63, 3.8) is 0 Å². The van der Waals surface area contributed by atoms with Crippen molar-refractivity contribution in [2.75, 3.05) is 0 Å². The van der Waals surface area contributed by atoms with E-state index >= 15 is 0 Å². The first kappa shape index (κ1) is 13.1. The number of rotatable bonds is 1. The molecule has 2 saturated carbocycles. The summed E-state index contributed by atoms with van der Waals surface area (Å²) in [5.41, 5.74) is 0.476. The summed E-state index contributed by atoms with van der Waals surface area (Å²) in [4.78, 5) is 16.7. The third kappa shape index (κ3) is 1.62. The first-order valence-electron chi connectivity index (χ1n) is 7.14. The minimum atomic E-state index is -0.873. The largest absolute Gasteiger partial charge is 0.459 e. The predicted octanol–water partition coefficient (Wildman–Crippen LogP) is 2.93. The molecule has 19 heavy (non-hydrogen) atoms. The Balaban J connectivity index is 1.99. The zero-order chi connectivity index (χ0) is 13.8. The lowest BCUT2D eigenvalue weighted by Gasteiger charge is -2.53. The Kier molecular flexibility index (Phi) is 2.81. The molecule has 1 N–H and O–H groups in total. The second-order valence-electron chi connectivity index (χ2n) is 6.82. The van der Waals surface area contributed by atoms with Crippen LogP contribution in [0, 0.1) is 17.3 Å². The van der Waals surface area contributed by atoms with Gasteiger partial charge < -0.3 is 4.74 Å². The highest BCUT2D eigenvalue weighted by Gasteiger charge is 2.64. The van der Waals surface area contributed by atoms with Crippen molar-refractivity contribution in [3.05, 3.63) is 12.2 Å². The van der Waals surface area contributed by atoms with Crippen LogP contribution >= 0.6 is 0 Å². The summed E-state index contributed by atoms with van der Waals surface area (Å²) in [5.74, 6) is -0.365. The standard InChI is InChI=1S/C15H22O4/c1-9-5-4-6-14(3)8-12-15(19-17,7-11(9)14)10(2)13(16)18-12/h10-12,17H,1,4-8H2,2-3H3. The second-order valence-corrected chi connectivity index (χ2v) is 6.82. The summed E-state index contributed by atoms with van der Waals surface area (Å²) >= 11 is 0. The van der Waals surface area contributed by atoms with Gasteiger partial charge >= 0.3 is 5.97 Å². The van der Waals surface area contributed by atoms with Crippen molar-refractivity contribution in [1.29, 1.82) is 0 Å². The Labute approximate surface area is 113 Å². The van der Waals surface area contributed by atoms with Gasteiger partial charge in [-0.1, -0.05) is 19.1 Å². The minimum absolute atomic E-state index is 0.117. The van der Waals surface area contributed by atoms with Gasteiger partial charge in [0.2, 0.25) is 0 Å². The van der Waals surface area contributed by atoms with E-state index in [1.165, 1.54) is 5.57 Å². The molecule has 1 heterocycles. The molecule has 5 atom stereocenters. The average molecular weight is 266 g/mol. The van der Waals surface area contributed by atoms with Gasteiger partial charge in [0.1, 0.15) is 6.10 Å². The second kappa shape index (κ2) is 4.06. The third-order valence-corrected chi connectivity index (χ3v) is 5.81. The van der Waals surface area contributed by atoms with Gasteiger partial charge in [-0.3, -0.25) is 10.1 Å². The van der Waals surface area contributed by atoms with E-state index in [1.807, 2.05) is 0 Å². The van der Waals surface area contributed by atoms with Crippen LogP contribution in [0.4, 0.5) is 0 Å². The SMILES string of the molecule is C=C1CCCC2(C)CC3OC(=O)C(C)C3(OO)CC12. The van der Waals surface area contributed by atoms with Gasteiger partial charge in [0.15, 0.2) is 5.60 Å². The zero-order valence-corrected chi connectivity index (χ0v) is 11.6. The molecule has 106 valence electrons. The molecule has 5 unspecified atom stereocenters. The lowest BCUT2D eigenvalue weighted by atomic mass is 9.54. The normalized spacial score (nSPS) is 49.5. The van der Waals surface area contributed by atoms with E-state index in [0.717, 1.165) is 25.7 Å². The van der Waals surface area contributed by atoms with Crippen molar-refractivity contribution in [2.45, 2.75) is 57.7 Å². The first-order chi connectivity index (χ1) is 8.93. The summed E-state index contributed by atoms with van der Waals surface area (Å²) in [6, 6.07) is 0. The van der Waals surface area contributed by atoms with Crippen molar-refractivity contribution < 1.29 is 19.7 Å². The van der Waals surface area contributed by atoms with E-state index in [-0.39, 0.29) is 17.5 Å². The summed E-state index contributed by atoms with van der Waals surface area (Å²) < 4.78 is 5.47. The number of fused-ring (bicyclic) bond motifs is 2. The molecule has 3 rings (SSSR count). The highest BCUT2D eigenvalue weighted by molar-refractivity contribution is 5.76. The fourth-order valence-corrected chi connectivity index (χ4v) is 4.46. The highest BCUT2D eigenvalue weighted by Crippen LogP contribution is 2.59. The van der Waals surface area contributed by atoms with Crippen molar-refractivity contribution in [3.8, 4) is 0 Å². The van der Waals surface area contributed by atoms with Crippen LogP contribution in [-0.4, -0.2) is 22.9 Å². The van der Waals surface area contributed by atoms with Crippen LogP contribution in [0.1, 0.15) is 46.0 Å². The molecule has 0 amide bonds. The molecule has 3 fully saturated rings. The Morgan fingerprint density at radius 2 is 2.21 bits per heavy atom. The van der Waals surface area contributed by atoms with Crippen LogP contribution in [0.2, 0.25) is 0 Å². The minimum Gasteiger partial charge on any atom is -0.459 e. The van der Waals surface area contributed by atoms with E-state index < -0.39 is 11.5 Å². The number of allylic oxidation sites excluding steroid dienone is 1. The number of esters is 1. The maximum absolute atomic E-state index is 11.9. The highest BCUT2D eigenvalue weighted by atomic mass is 17.1. The molecule has 1 aliphatic heterocycles. The molecule has 0 spiro atoms. The zero-order valence-electron chi connectivity index (χ0n) is 11.6. The van der Waals surface area contributed by atoms with Gasteiger partial charge in [0.25, 0.3) is 0 Å². The van der Waals surface area contributed by atoms with Crippen molar-refractivity contribution in [1.82, 2.24) is 0 Å². The molecule has 0 bridgehead atoms. The predicted molar refractivity (Wildman–Crippen MR) is 69.3 cm³/mol. The fraction of sp³-hybridized carbons (Fsp3) is 0.800. The van der Waals surface area contributed by atoms with Crippen molar-refractivity contribution in [2.24, 2.45) is 17.3 Å². The molecule has 3 aliphatic rings. The van der Waals surface area contributed by atoms with Gasteiger partial charge in [0.05, 0.1) is 5.92 Å². The molecule has 4 nitrogen and oxygen atoms in total. The fourth-order valence-electron chi connectivity index (χ4n) is 4.46. The maximum atomic E-state index is 11.9. The third-order valence-electron chi connectivity index (χ3n) is 5.81. The van der Waals surface area contributed by atoms with Crippen LogP contribution < -0.4 is 0 Å². The molecule has 4 heteroatoms. The summed E-state index contributed by atoms with van der Waals surface area (Å²) in [5, 5.41) is 9.44. The molecule has 0 aromatic carbocycles. The van der Waals surface area contributed by atoms with Gasteiger partial charge in [0, 0.05) is 0 Å². The first-order valence-corrected chi connectivity index (χ1v) is 7.14. The molecule has 0 aromatic rings. The molecule has 0 radical (unpaired) electrons. The van der Waals surface area contributed by atoms with Crippen molar-refractivity contribution >= 4 is 5.97 Å². The van der Waals surface area contributed by atoms with Gasteiger partial charge in [-0.05, 0) is 50.4 Å². The summed E-state index contributed by atoms with van der Waals surface area (Å²) in [7, 11) is 0. The van der Waals surface area contributed by atoms with E-state index in [9.17, 15) is 10.1 Å². The van der Waals surface area contributed by atoms with Crippen LogP contribution in [-0.2, 0) is 14.4 Å². The van der Waals surface area contributed by atoms with Gasteiger partial charge in [-0.2, -0.15) is 0 Å². The van der Waals surface area contributed by atoms with Crippen LogP contribution in [0.5, 0.6) is 0 Å². The number of hydrogen-bond acceptors (Lipinski definition) is 4. The maximum Gasteiger partial charge on any atom is 0.312 e. The average Bonchev–Trinajstić information content (AvgIpc) is 2.60. The number of carbonyl (C=O) groups is 1.